The standard InChI is InChI=1S/C18H27FN6O4S/c1-4-23(7-8-25(28-3)17(30)22-20)16-6-5-13(9-15(16)19)24-11-14(29-18(24)27)10-21-12(2)26/h5-6,9,14H,4,7-8,10-11,20H2,1-3H3,(H,21,26)(H,22,30)/t14-/m0/s1. The topological polar surface area (TPSA) is 112 Å². The van der Waals surface area contributed by atoms with E-state index in [1.165, 1.54) is 30.1 Å². The molecule has 2 rings (SSSR count). The van der Waals surface area contributed by atoms with Crippen molar-refractivity contribution < 1.29 is 23.6 Å². The molecule has 10 nitrogen and oxygen atoms in total. The van der Waals surface area contributed by atoms with Gasteiger partial charge < -0.3 is 15.0 Å². The molecule has 166 valence electrons. The van der Waals surface area contributed by atoms with Crippen molar-refractivity contribution in [2.45, 2.75) is 20.0 Å². The first kappa shape index (κ1) is 23.6. The lowest BCUT2D eigenvalue weighted by atomic mass is 10.2. The molecule has 1 fully saturated rings. The summed E-state index contributed by atoms with van der Waals surface area (Å²) in [6.45, 7) is 5.04. The summed E-state index contributed by atoms with van der Waals surface area (Å²) in [6.07, 6.45) is -1.07. The number of amides is 2. The summed E-state index contributed by atoms with van der Waals surface area (Å²) < 4.78 is 20.1. The number of hydroxylamine groups is 2. The minimum Gasteiger partial charge on any atom is -0.442 e. The van der Waals surface area contributed by atoms with Crippen LogP contribution in [0.1, 0.15) is 13.8 Å². The van der Waals surface area contributed by atoms with Gasteiger partial charge in [0.2, 0.25) is 11.0 Å². The summed E-state index contributed by atoms with van der Waals surface area (Å²) in [5.74, 6) is 4.61. The van der Waals surface area contributed by atoms with Gasteiger partial charge in [0, 0.05) is 20.0 Å². The maximum Gasteiger partial charge on any atom is 0.414 e. The number of anilines is 2. The Morgan fingerprint density at radius 1 is 1.47 bits per heavy atom. The van der Waals surface area contributed by atoms with Crippen LogP contribution < -0.4 is 26.4 Å². The number of benzene rings is 1. The Balaban J connectivity index is 2.07. The van der Waals surface area contributed by atoms with E-state index in [9.17, 15) is 14.0 Å². The van der Waals surface area contributed by atoms with Crippen molar-refractivity contribution in [3.63, 3.8) is 0 Å². The summed E-state index contributed by atoms with van der Waals surface area (Å²) >= 11 is 5.04. The fourth-order valence-electron chi connectivity index (χ4n) is 3.02. The van der Waals surface area contributed by atoms with E-state index in [0.717, 1.165) is 0 Å². The summed E-state index contributed by atoms with van der Waals surface area (Å²) in [5, 5.41) is 4.21. The zero-order chi connectivity index (χ0) is 22.3. The highest BCUT2D eigenvalue weighted by Gasteiger charge is 2.32. The second kappa shape index (κ2) is 10.9. The molecule has 0 bridgehead atoms. The number of rotatable bonds is 9. The molecule has 1 saturated heterocycles. The molecule has 1 aliphatic heterocycles. The summed E-state index contributed by atoms with van der Waals surface area (Å²) in [6, 6.07) is 4.56. The van der Waals surface area contributed by atoms with Crippen molar-refractivity contribution in [3.05, 3.63) is 24.0 Å². The monoisotopic (exact) mass is 442 g/mol. The van der Waals surface area contributed by atoms with E-state index in [1.807, 2.05) is 11.8 Å². The highest BCUT2D eigenvalue weighted by atomic mass is 32.1. The number of carbonyl (C=O) groups is 2. The molecule has 0 spiro atoms. The normalized spacial score (nSPS) is 15.6. The van der Waals surface area contributed by atoms with Gasteiger partial charge in [-0.05, 0) is 37.3 Å². The van der Waals surface area contributed by atoms with E-state index in [4.69, 9.17) is 27.6 Å². The van der Waals surface area contributed by atoms with Crippen LogP contribution in [0.3, 0.4) is 0 Å². The van der Waals surface area contributed by atoms with Crippen molar-refractivity contribution >= 4 is 40.7 Å². The van der Waals surface area contributed by atoms with Gasteiger partial charge in [-0.2, -0.15) is 0 Å². The Morgan fingerprint density at radius 3 is 2.77 bits per heavy atom. The molecule has 1 aromatic carbocycles. The molecular weight excluding hydrogens is 415 g/mol. The molecule has 4 N–H and O–H groups in total. The van der Waals surface area contributed by atoms with Crippen LogP contribution >= 0.6 is 12.2 Å². The highest BCUT2D eigenvalue weighted by molar-refractivity contribution is 7.80. The van der Waals surface area contributed by atoms with Gasteiger partial charge >= 0.3 is 6.09 Å². The van der Waals surface area contributed by atoms with Gasteiger partial charge in [0.05, 0.1) is 38.1 Å². The number of cyclic esters (lactones) is 1. The SMILES string of the molecule is CCN(CCN(OC)C(=S)NN)c1ccc(N2C[C@H](CNC(C)=O)OC2=O)cc1F. The number of nitrogens with one attached hydrogen (secondary N) is 2. The number of nitrogens with two attached hydrogens (primary N) is 1. The molecule has 0 unspecified atom stereocenters. The second-order valence-corrected chi connectivity index (χ2v) is 6.89. The van der Waals surface area contributed by atoms with E-state index >= 15 is 0 Å². The van der Waals surface area contributed by atoms with Gasteiger partial charge in [-0.15, -0.1) is 0 Å². The summed E-state index contributed by atoms with van der Waals surface area (Å²) in [7, 11) is 1.46. The number of hydrogen-bond donors (Lipinski definition) is 3. The van der Waals surface area contributed by atoms with Crippen molar-refractivity contribution in [2.75, 3.05) is 49.6 Å². The van der Waals surface area contributed by atoms with Crippen molar-refractivity contribution in [1.29, 1.82) is 0 Å². The molecule has 0 aromatic heterocycles. The maximum atomic E-state index is 14.9. The van der Waals surface area contributed by atoms with Crippen LogP contribution in [0.5, 0.6) is 0 Å². The molecular formula is C18H27FN6O4S. The van der Waals surface area contributed by atoms with Gasteiger partial charge in [0.15, 0.2) is 0 Å². The lowest BCUT2D eigenvalue weighted by molar-refractivity contribution is -0.119. The molecule has 1 heterocycles. The maximum absolute atomic E-state index is 14.9. The minimum absolute atomic E-state index is 0.206. The van der Waals surface area contributed by atoms with E-state index < -0.39 is 18.0 Å². The van der Waals surface area contributed by atoms with E-state index in [-0.39, 0.29) is 24.1 Å². The molecule has 0 aliphatic carbocycles. The van der Waals surface area contributed by atoms with Crippen LogP contribution in [-0.4, -0.2) is 68.1 Å². The van der Waals surface area contributed by atoms with Gasteiger partial charge in [-0.25, -0.2) is 20.1 Å². The number of nitrogens with zero attached hydrogens (tertiary/aromatic N) is 3. The fourth-order valence-corrected chi connectivity index (χ4v) is 3.19. The fraction of sp³-hybridized carbons (Fsp3) is 0.500. The third kappa shape index (κ3) is 5.90. The van der Waals surface area contributed by atoms with Gasteiger partial charge in [-0.1, -0.05) is 0 Å². The van der Waals surface area contributed by atoms with E-state index in [0.29, 0.717) is 31.0 Å². The number of hydrogen-bond acceptors (Lipinski definition) is 7. The van der Waals surface area contributed by atoms with Crippen LogP contribution in [-0.2, 0) is 14.4 Å². The van der Waals surface area contributed by atoms with Crippen LogP contribution in [0.4, 0.5) is 20.6 Å². The van der Waals surface area contributed by atoms with Crippen LogP contribution in [0.15, 0.2) is 18.2 Å². The number of likely N-dealkylation sites (N-methyl/N-ethyl adjacent to an activating group) is 1. The average Bonchev–Trinajstić information content (AvgIpc) is 3.10. The van der Waals surface area contributed by atoms with Gasteiger partial charge in [0.1, 0.15) is 11.9 Å². The second-order valence-electron chi connectivity index (χ2n) is 6.50. The lowest BCUT2D eigenvalue weighted by Crippen LogP contribution is -2.45. The summed E-state index contributed by atoms with van der Waals surface area (Å²) in [5.41, 5.74) is 3.10. The Hall–Kier alpha value is -2.70. The molecule has 1 atom stereocenters. The van der Waals surface area contributed by atoms with Crippen molar-refractivity contribution in [1.82, 2.24) is 15.8 Å². The number of hydrazine groups is 1. The van der Waals surface area contributed by atoms with Gasteiger partial charge in [-0.3, -0.25) is 20.0 Å². The largest absolute Gasteiger partial charge is 0.442 e. The Kier molecular flexibility index (Phi) is 8.57. The first-order valence-corrected chi connectivity index (χ1v) is 9.80. The first-order chi connectivity index (χ1) is 14.3. The van der Waals surface area contributed by atoms with Crippen molar-refractivity contribution in [2.24, 2.45) is 5.84 Å². The van der Waals surface area contributed by atoms with E-state index in [2.05, 4.69) is 10.7 Å². The zero-order valence-corrected chi connectivity index (χ0v) is 18.0. The average molecular weight is 443 g/mol. The predicted molar refractivity (Wildman–Crippen MR) is 114 cm³/mol. The Labute approximate surface area is 180 Å². The number of thiocarbonyl (C=S) groups is 1. The van der Waals surface area contributed by atoms with Crippen molar-refractivity contribution in [3.8, 4) is 0 Å². The smallest absolute Gasteiger partial charge is 0.414 e. The van der Waals surface area contributed by atoms with Crippen LogP contribution in [0.25, 0.3) is 0 Å². The third-order valence-corrected chi connectivity index (χ3v) is 4.88. The quantitative estimate of drug-likeness (QED) is 0.289. The number of carbonyl (C=O) groups excluding carboxylic acids is 2. The predicted octanol–water partition coefficient (Wildman–Crippen LogP) is 0.725. The lowest BCUT2D eigenvalue weighted by Gasteiger charge is -2.28. The number of ether oxygens (including phenoxy) is 1. The summed E-state index contributed by atoms with van der Waals surface area (Å²) in [4.78, 5) is 31.5. The minimum atomic E-state index is -0.580. The number of halogens is 1. The Bertz CT molecular complexity index is 783. The molecule has 12 heteroatoms. The molecule has 1 aromatic rings. The van der Waals surface area contributed by atoms with Gasteiger partial charge in [0.25, 0.3) is 0 Å². The van der Waals surface area contributed by atoms with Crippen LogP contribution in [0, 0.1) is 5.82 Å². The first-order valence-electron chi connectivity index (χ1n) is 9.40. The third-order valence-electron chi connectivity index (χ3n) is 4.56. The zero-order valence-electron chi connectivity index (χ0n) is 17.2. The molecule has 30 heavy (non-hydrogen) atoms. The highest BCUT2D eigenvalue weighted by Crippen LogP contribution is 2.28. The molecule has 0 radical (unpaired) electrons. The van der Waals surface area contributed by atoms with Crippen LogP contribution in [0.2, 0.25) is 0 Å². The molecule has 2 amide bonds. The Morgan fingerprint density at radius 2 is 2.20 bits per heavy atom. The molecule has 1 aliphatic rings. The van der Waals surface area contributed by atoms with E-state index in [1.54, 1.807) is 12.1 Å². The molecule has 0 saturated carbocycles.